The largest absolute Gasteiger partial charge is 0.495 e. The number of ether oxygens (including phenoxy) is 5. The van der Waals surface area contributed by atoms with Gasteiger partial charge in [-0.2, -0.15) is 0 Å². The van der Waals surface area contributed by atoms with E-state index in [9.17, 15) is 43.5 Å². The number of aldehydes is 1. The number of primary amides is 1. The van der Waals surface area contributed by atoms with E-state index in [0.29, 0.717) is 71.9 Å². The summed E-state index contributed by atoms with van der Waals surface area (Å²) in [6.45, 7) is 13.0. The van der Waals surface area contributed by atoms with Gasteiger partial charge in [-0.25, -0.2) is 14.4 Å². The lowest BCUT2D eigenvalue weighted by Gasteiger charge is -2.42. The normalized spacial score (nSPS) is 24.2. The number of epoxide rings is 1. The number of hydrogen-bond donors (Lipinski definition) is 9. The van der Waals surface area contributed by atoms with Crippen LogP contribution in [0.5, 0.6) is 5.75 Å². The summed E-state index contributed by atoms with van der Waals surface area (Å²) in [7, 11) is 4.41. The second-order valence-corrected chi connectivity index (χ2v) is 23.3. The van der Waals surface area contributed by atoms with E-state index in [0.717, 1.165) is 11.1 Å². The third-order valence-corrected chi connectivity index (χ3v) is 16.9. The molecule has 2 saturated heterocycles. The molecule has 468 valence electrons. The number of urea groups is 1. The van der Waals surface area contributed by atoms with Gasteiger partial charge in [0.25, 0.3) is 0 Å². The van der Waals surface area contributed by atoms with E-state index in [4.69, 9.17) is 41.0 Å². The molecule has 26 heteroatoms. The van der Waals surface area contributed by atoms with Gasteiger partial charge in [-0.3, -0.25) is 34.8 Å². The first-order valence-electron chi connectivity index (χ1n) is 28.4. The molecule has 3 aliphatic rings. The van der Waals surface area contributed by atoms with Crippen molar-refractivity contribution in [1.29, 1.82) is 0 Å². The van der Waals surface area contributed by atoms with Gasteiger partial charge in [0, 0.05) is 75.0 Å². The standard InChI is InChI=1S/C60H80BrClN10O14/c1-34(2)59(33-73,70-48(74)20-11-10-12-23-65-53(76)36(4)31-61)32-67-42(18-15-25-66-55(63)78)54(77)68-40-21-22-41(51-39(40)17-14-24-64-51)69-56(79)85-47-29-49(75)72(7)43-27-38(28-44(82-8)50(43)62)26-35(3)16-13-19-46(83-9)60(81)30-45(84-57(80)71-60)37(5)52-58(47,6)86-52/h13-14,16-17,19,21-22,24,27-28,33-34,37,42,45-47,52,67,81H,4,10-12,15,18,20,23,25-26,29-32H2,1-3,5-9H3,(H,65,76)(H,68,77)(H,69,79)(H,70,74)(H,71,80)(H3,63,66,78)/b19-13+,35-16+/t37-,42+,45+,46-,47+,52+,58+,59-,60+/m1/s1. The summed E-state index contributed by atoms with van der Waals surface area (Å²) < 4.78 is 29.6. The monoisotopic (exact) mass is 1280 g/mol. The molecule has 0 aliphatic carbocycles. The van der Waals surface area contributed by atoms with Crippen molar-refractivity contribution in [3.05, 3.63) is 89.1 Å². The number of allylic oxidation sites excluding steroid dienone is 3. The minimum absolute atomic E-state index is 0.113. The van der Waals surface area contributed by atoms with Gasteiger partial charge in [-0.15, -0.1) is 0 Å². The Morgan fingerprint density at radius 2 is 1.80 bits per heavy atom. The maximum absolute atomic E-state index is 14.6. The van der Waals surface area contributed by atoms with Crippen LogP contribution < -0.4 is 52.6 Å². The molecule has 2 fully saturated rings. The molecule has 24 nitrogen and oxygen atoms in total. The van der Waals surface area contributed by atoms with Crippen LogP contribution in [0.1, 0.15) is 91.5 Å². The highest BCUT2D eigenvalue weighted by atomic mass is 79.9. The predicted octanol–water partition coefficient (Wildman–Crippen LogP) is 6.60. The zero-order chi connectivity index (χ0) is 63.1. The maximum Gasteiger partial charge on any atom is 0.412 e. The molecule has 10 N–H and O–H groups in total. The molecule has 1 aromatic heterocycles. The summed E-state index contributed by atoms with van der Waals surface area (Å²) in [6, 6.07) is 8.16. The van der Waals surface area contributed by atoms with Crippen molar-refractivity contribution in [3.63, 3.8) is 0 Å². The number of rotatable bonds is 24. The topological polar surface area (TPSA) is 333 Å². The van der Waals surface area contributed by atoms with Gasteiger partial charge in [0.1, 0.15) is 46.5 Å². The number of halogens is 2. The Morgan fingerprint density at radius 1 is 1.07 bits per heavy atom. The van der Waals surface area contributed by atoms with Crippen LogP contribution in [0.2, 0.25) is 5.02 Å². The van der Waals surface area contributed by atoms with Gasteiger partial charge >= 0.3 is 18.2 Å². The minimum atomic E-state index is -1.91. The molecule has 9 atom stereocenters. The first kappa shape index (κ1) is 68.0. The molecule has 0 radical (unpaired) electrons. The second kappa shape index (κ2) is 30.5. The first-order valence-corrected chi connectivity index (χ1v) is 29.9. The number of carbonyl (C=O) groups excluding carboxylic acids is 8. The number of pyridine rings is 1. The molecule has 6 rings (SSSR count). The number of unbranched alkanes of at least 4 members (excludes halogenated alkanes) is 2. The zero-order valence-electron chi connectivity index (χ0n) is 49.8. The van der Waals surface area contributed by atoms with Crippen LogP contribution in [-0.2, 0) is 49.3 Å². The molecule has 4 heterocycles. The number of carbonyl (C=O) groups is 8. The molecule has 86 heavy (non-hydrogen) atoms. The molecule has 2 aromatic carbocycles. The molecule has 0 saturated carbocycles. The zero-order valence-corrected chi connectivity index (χ0v) is 52.1. The molecule has 4 bridgehead atoms. The smallest absolute Gasteiger partial charge is 0.412 e. The lowest BCUT2D eigenvalue weighted by atomic mass is 9.83. The molecule has 3 aromatic rings. The van der Waals surface area contributed by atoms with Crippen LogP contribution in [0.3, 0.4) is 0 Å². The van der Waals surface area contributed by atoms with Crippen LogP contribution in [0, 0.1) is 11.8 Å². The minimum Gasteiger partial charge on any atom is -0.495 e. The number of aromatic nitrogens is 1. The van der Waals surface area contributed by atoms with Gasteiger partial charge < -0.3 is 70.8 Å². The molecule has 3 aliphatic heterocycles. The first-order chi connectivity index (χ1) is 40.8. The van der Waals surface area contributed by atoms with E-state index < -0.39 is 95.6 Å². The summed E-state index contributed by atoms with van der Waals surface area (Å²) in [6.07, 6.45) is 3.58. The fraction of sp³-hybridized carbons (Fsp3) is 0.517. The number of aliphatic hydroxyl groups is 1. The average molecular weight is 1280 g/mol. The third-order valence-electron chi connectivity index (χ3n) is 15.9. The molecule has 0 unspecified atom stereocenters. The fourth-order valence-electron chi connectivity index (χ4n) is 10.5. The number of methoxy groups -OCH3 is 2. The Bertz CT molecular complexity index is 3080. The highest BCUT2D eigenvalue weighted by molar-refractivity contribution is 9.09. The average Bonchev–Trinajstić information content (AvgIpc) is 1.80. The number of hydrogen-bond acceptors (Lipinski definition) is 16. The number of alkyl carbamates (subject to hydrolysis) is 1. The van der Waals surface area contributed by atoms with E-state index in [1.807, 2.05) is 13.0 Å². The lowest BCUT2D eigenvalue weighted by molar-refractivity contribution is -0.142. The van der Waals surface area contributed by atoms with E-state index in [2.05, 4.69) is 64.7 Å². The van der Waals surface area contributed by atoms with Crippen molar-refractivity contribution in [3.8, 4) is 5.75 Å². The van der Waals surface area contributed by atoms with Crippen LogP contribution in [-0.4, -0.2) is 152 Å². The second-order valence-electron chi connectivity index (χ2n) is 22.4. The Balaban J connectivity index is 1.23. The highest BCUT2D eigenvalue weighted by Gasteiger charge is 2.64. The van der Waals surface area contributed by atoms with Crippen LogP contribution >= 0.6 is 27.5 Å². The number of fused-ring (bicyclic) bond motifs is 6. The molecule has 8 amide bonds. The van der Waals surface area contributed by atoms with Crippen molar-refractivity contribution in [2.24, 2.45) is 17.6 Å². The summed E-state index contributed by atoms with van der Waals surface area (Å²) in [5.74, 6) is -2.41. The van der Waals surface area contributed by atoms with E-state index in [1.54, 1.807) is 77.2 Å². The van der Waals surface area contributed by atoms with Gasteiger partial charge in [0.15, 0.2) is 5.72 Å². The maximum atomic E-state index is 14.6. The third kappa shape index (κ3) is 17.3. The Hall–Kier alpha value is -7.16. The van der Waals surface area contributed by atoms with E-state index in [-0.39, 0.29) is 66.8 Å². The number of alkyl halides is 1. The van der Waals surface area contributed by atoms with Crippen molar-refractivity contribution in [1.82, 2.24) is 31.6 Å². The van der Waals surface area contributed by atoms with Gasteiger partial charge in [-0.1, -0.05) is 85.1 Å². The Morgan fingerprint density at radius 3 is 2.49 bits per heavy atom. The number of anilines is 3. The summed E-state index contributed by atoms with van der Waals surface area (Å²) in [5.41, 5.74) is 3.68. The SMILES string of the molecule is C=C(CBr)C(=O)NCCCCCC(=O)N[C@@](C=O)(CN[C@@H](CCCNC(N)=O)C(=O)Nc1ccc(NC(=O)O[C@H]2CC(=O)N(C)c3cc(cc(OC)c3Cl)C/C(C)=C/C=C/[C@@H](OC)[C@@]3(O)C[C@H](OC(=O)N3)[C@@H](C)[C@@H]3O[C@@]23C)c2ncccc12)C(C)C. The Labute approximate surface area is 513 Å². The van der Waals surface area contributed by atoms with Crippen molar-refractivity contribution in [2.45, 2.75) is 140 Å². The predicted molar refractivity (Wildman–Crippen MR) is 328 cm³/mol. The summed E-state index contributed by atoms with van der Waals surface area (Å²) in [4.78, 5) is 112. The van der Waals surface area contributed by atoms with E-state index in [1.165, 1.54) is 31.4 Å². The Kier molecular flexibility index (Phi) is 24.1. The van der Waals surface area contributed by atoms with Crippen molar-refractivity contribution < 1.29 is 67.1 Å². The van der Waals surface area contributed by atoms with Crippen LogP contribution in [0.25, 0.3) is 10.9 Å². The number of nitrogens with two attached hydrogens (primary N) is 1. The fourth-order valence-corrected chi connectivity index (χ4v) is 11.1. The molecule has 0 spiro atoms. The van der Waals surface area contributed by atoms with Crippen LogP contribution in [0.4, 0.5) is 31.4 Å². The van der Waals surface area contributed by atoms with Crippen molar-refractivity contribution in [2.75, 3.05) is 61.8 Å². The summed E-state index contributed by atoms with van der Waals surface area (Å²) in [5, 5.41) is 32.5. The van der Waals surface area contributed by atoms with Gasteiger partial charge in [0.05, 0.1) is 48.3 Å². The lowest BCUT2D eigenvalue weighted by Crippen LogP contribution is -2.63. The molecular weight excluding hydrogens is 1200 g/mol. The summed E-state index contributed by atoms with van der Waals surface area (Å²) >= 11 is 10.1. The van der Waals surface area contributed by atoms with Crippen molar-refractivity contribution >= 4 is 104 Å². The van der Waals surface area contributed by atoms with Crippen LogP contribution in [0.15, 0.2) is 78.5 Å². The van der Waals surface area contributed by atoms with Gasteiger partial charge in [-0.05, 0) is 93.8 Å². The highest BCUT2D eigenvalue weighted by Crippen LogP contribution is 2.49. The molecular formula is C60H80BrClN10O14. The number of amides is 8. The number of nitrogens with zero attached hydrogens (tertiary/aromatic N) is 2. The van der Waals surface area contributed by atoms with Gasteiger partial charge in [0.2, 0.25) is 23.6 Å². The number of nitrogens with one attached hydrogen (secondary N) is 7. The number of benzene rings is 2. The van der Waals surface area contributed by atoms with E-state index >= 15 is 0 Å². The quantitative estimate of drug-likeness (QED) is 0.0150.